The molecule has 0 heterocycles. The molecule has 1 aliphatic rings. The molecule has 0 saturated heterocycles. The number of carbonyl (C=O) groups excluding carboxylic acids is 1. The van der Waals surface area contributed by atoms with Crippen molar-refractivity contribution in [3.63, 3.8) is 0 Å². The molecule has 1 aromatic rings. The number of para-hydroxylation sites is 1. The maximum Gasteiger partial charge on any atom is 0.224 e. The second kappa shape index (κ2) is 9.46. The molecule has 1 fully saturated rings. The highest BCUT2D eigenvalue weighted by Crippen LogP contribution is 2.18. The molecule has 1 aliphatic carbocycles. The third-order valence-electron chi connectivity index (χ3n) is 4.28. The third-order valence-corrected chi connectivity index (χ3v) is 4.28. The fourth-order valence-electron chi connectivity index (χ4n) is 3.05. The van der Waals surface area contributed by atoms with Gasteiger partial charge in [0, 0.05) is 24.7 Å². The van der Waals surface area contributed by atoms with Crippen molar-refractivity contribution in [1.29, 1.82) is 0 Å². The summed E-state index contributed by atoms with van der Waals surface area (Å²) in [5.41, 5.74) is 0.930. The van der Waals surface area contributed by atoms with Crippen LogP contribution in [0.15, 0.2) is 24.3 Å². The number of benzene rings is 1. The summed E-state index contributed by atoms with van der Waals surface area (Å²) in [5, 5.41) is 6.54. The highest BCUT2D eigenvalue weighted by atomic mass is 16.5. The average molecular weight is 304 g/mol. The topological polar surface area (TPSA) is 50.4 Å². The van der Waals surface area contributed by atoms with E-state index in [2.05, 4.69) is 10.6 Å². The van der Waals surface area contributed by atoms with E-state index >= 15 is 0 Å². The summed E-state index contributed by atoms with van der Waals surface area (Å²) >= 11 is 0. The lowest BCUT2D eigenvalue weighted by molar-refractivity contribution is -0.120. The maximum atomic E-state index is 12.0. The minimum atomic E-state index is 0.0483. The van der Waals surface area contributed by atoms with Gasteiger partial charge < -0.3 is 15.4 Å². The Bertz CT molecular complexity index is 454. The lowest BCUT2D eigenvalue weighted by atomic mass is 10.1. The molecule has 0 unspecified atom stereocenters. The number of amides is 1. The van der Waals surface area contributed by atoms with Crippen LogP contribution < -0.4 is 15.4 Å². The Morgan fingerprint density at radius 3 is 2.59 bits per heavy atom. The van der Waals surface area contributed by atoms with Crippen molar-refractivity contribution >= 4 is 5.91 Å². The van der Waals surface area contributed by atoms with Crippen molar-refractivity contribution in [1.82, 2.24) is 10.6 Å². The summed E-state index contributed by atoms with van der Waals surface area (Å²) < 4.78 is 5.27. The first-order valence-electron chi connectivity index (χ1n) is 8.41. The molecular weight excluding hydrogens is 276 g/mol. The average Bonchev–Trinajstić information content (AvgIpc) is 2.81. The first-order valence-corrected chi connectivity index (χ1v) is 8.41. The predicted molar refractivity (Wildman–Crippen MR) is 89.2 cm³/mol. The van der Waals surface area contributed by atoms with Gasteiger partial charge in [-0.25, -0.2) is 0 Å². The van der Waals surface area contributed by atoms with Gasteiger partial charge in [0.1, 0.15) is 5.75 Å². The van der Waals surface area contributed by atoms with Crippen molar-refractivity contribution in [3.05, 3.63) is 29.8 Å². The monoisotopic (exact) mass is 304 g/mol. The predicted octanol–water partition coefficient (Wildman–Crippen LogP) is 2.67. The lowest BCUT2D eigenvalue weighted by Crippen LogP contribution is -2.37. The number of carbonyl (C=O) groups is 1. The Hall–Kier alpha value is -1.55. The van der Waals surface area contributed by atoms with Crippen LogP contribution in [0.4, 0.5) is 0 Å². The number of hydrogen-bond acceptors (Lipinski definition) is 3. The fourth-order valence-corrected chi connectivity index (χ4v) is 3.05. The number of methoxy groups -OCH3 is 1. The van der Waals surface area contributed by atoms with Gasteiger partial charge in [0.15, 0.2) is 0 Å². The molecule has 0 bridgehead atoms. The molecule has 0 atom stereocenters. The largest absolute Gasteiger partial charge is 0.496 e. The van der Waals surface area contributed by atoms with E-state index < -0.39 is 0 Å². The van der Waals surface area contributed by atoms with Crippen molar-refractivity contribution < 1.29 is 9.53 Å². The van der Waals surface area contributed by atoms with Gasteiger partial charge in [-0.2, -0.15) is 0 Å². The molecule has 1 aromatic carbocycles. The van der Waals surface area contributed by atoms with Crippen LogP contribution in [-0.4, -0.2) is 32.1 Å². The first kappa shape index (κ1) is 16.8. The fraction of sp³-hybridized carbons (Fsp3) is 0.611. The second-order valence-corrected chi connectivity index (χ2v) is 5.98. The molecule has 0 radical (unpaired) electrons. The van der Waals surface area contributed by atoms with Crippen LogP contribution in [0, 0.1) is 0 Å². The van der Waals surface area contributed by atoms with Crippen LogP contribution >= 0.6 is 0 Å². The van der Waals surface area contributed by atoms with E-state index in [-0.39, 0.29) is 5.91 Å². The molecule has 1 amide bonds. The van der Waals surface area contributed by atoms with E-state index in [0.29, 0.717) is 19.0 Å². The minimum Gasteiger partial charge on any atom is -0.496 e. The zero-order valence-electron chi connectivity index (χ0n) is 13.6. The molecule has 122 valence electrons. The summed E-state index contributed by atoms with van der Waals surface area (Å²) in [6, 6.07) is 8.29. The van der Waals surface area contributed by atoms with Crippen LogP contribution in [0.5, 0.6) is 5.75 Å². The van der Waals surface area contributed by atoms with Gasteiger partial charge in [0.2, 0.25) is 5.91 Å². The van der Waals surface area contributed by atoms with Crippen LogP contribution in [0.3, 0.4) is 0 Å². The Morgan fingerprint density at radius 1 is 1.14 bits per heavy atom. The van der Waals surface area contributed by atoms with Gasteiger partial charge in [0.05, 0.1) is 13.5 Å². The number of ether oxygens (including phenoxy) is 1. The van der Waals surface area contributed by atoms with Gasteiger partial charge in [-0.1, -0.05) is 43.9 Å². The highest BCUT2D eigenvalue weighted by molar-refractivity contribution is 5.79. The zero-order chi connectivity index (χ0) is 15.6. The molecule has 2 N–H and O–H groups in total. The number of rotatable bonds is 7. The minimum absolute atomic E-state index is 0.0483. The smallest absolute Gasteiger partial charge is 0.224 e. The van der Waals surface area contributed by atoms with Crippen molar-refractivity contribution in [2.24, 2.45) is 0 Å². The van der Waals surface area contributed by atoms with Crippen LogP contribution in [0.25, 0.3) is 0 Å². The number of nitrogens with one attached hydrogen (secondary N) is 2. The molecule has 22 heavy (non-hydrogen) atoms. The summed E-state index contributed by atoms with van der Waals surface area (Å²) in [6.45, 7) is 1.53. The highest BCUT2D eigenvalue weighted by Gasteiger charge is 2.11. The van der Waals surface area contributed by atoms with Crippen LogP contribution in [-0.2, 0) is 11.2 Å². The zero-order valence-corrected chi connectivity index (χ0v) is 13.6. The van der Waals surface area contributed by atoms with Gasteiger partial charge in [-0.05, 0) is 18.9 Å². The van der Waals surface area contributed by atoms with Crippen molar-refractivity contribution in [2.75, 3.05) is 20.2 Å². The molecular formula is C18H28N2O2. The Morgan fingerprint density at radius 2 is 1.86 bits per heavy atom. The second-order valence-electron chi connectivity index (χ2n) is 5.98. The first-order chi connectivity index (χ1) is 10.8. The van der Waals surface area contributed by atoms with Gasteiger partial charge in [-0.3, -0.25) is 4.79 Å². The Kier molecular flexibility index (Phi) is 7.23. The van der Waals surface area contributed by atoms with E-state index in [1.54, 1.807) is 7.11 Å². The van der Waals surface area contributed by atoms with E-state index in [9.17, 15) is 4.79 Å². The van der Waals surface area contributed by atoms with Crippen molar-refractivity contribution in [3.8, 4) is 5.75 Å². The SMILES string of the molecule is COc1ccccc1CC(=O)NCCNC1CCCCCC1. The molecule has 1 saturated carbocycles. The molecule has 4 nitrogen and oxygen atoms in total. The molecule has 4 heteroatoms. The molecule has 0 aromatic heterocycles. The Labute approximate surface area is 133 Å². The van der Waals surface area contributed by atoms with E-state index in [0.717, 1.165) is 17.9 Å². The summed E-state index contributed by atoms with van der Waals surface area (Å²) in [4.78, 5) is 12.0. The number of hydrogen-bond donors (Lipinski definition) is 2. The Balaban J connectivity index is 1.65. The lowest BCUT2D eigenvalue weighted by Gasteiger charge is -2.16. The van der Waals surface area contributed by atoms with E-state index in [1.165, 1.54) is 38.5 Å². The van der Waals surface area contributed by atoms with Crippen LogP contribution in [0.1, 0.15) is 44.1 Å². The quantitative estimate of drug-likeness (QED) is 0.601. The van der Waals surface area contributed by atoms with Crippen molar-refractivity contribution in [2.45, 2.75) is 51.0 Å². The van der Waals surface area contributed by atoms with E-state index in [4.69, 9.17) is 4.74 Å². The summed E-state index contributed by atoms with van der Waals surface area (Å²) in [6.07, 6.45) is 8.31. The standard InChI is InChI=1S/C18H28N2O2/c1-22-17-11-7-6-8-15(17)14-18(21)20-13-12-19-16-9-4-2-3-5-10-16/h6-8,11,16,19H,2-5,9-10,12-14H2,1H3,(H,20,21). The molecule has 0 spiro atoms. The summed E-state index contributed by atoms with van der Waals surface area (Å²) in [7, 11) is 1.63. The molecule has 0 aliphatic heterocycles. The maximum absolute atomic E-state index is 12.0. The van der Waals surface area contributed by atoms with E-state index in [1.807, 2.05) is 24.3 Å². The normalized spacial score (nSPS) is 16.0. The van der Waals surface area contributed by atoms with Gasteiger partial charge >= 0.3 is 0 Å². The summed E-state index contributed by atoms with van der Waals surface area (Å²) in [5.74, 6) is 0.821. The van der Waals surface area contributed by atoms with Gasteiger partial charge in [-0.15, -0.1) is 0 Å². The third kappa shape index (κ3) is 5.68. The molecule has 2 rings (SSSR count). The van der Waals surface area contributed by atoms with Gasteiger partial charge in [0.25, 0.3) is 0 Å². The van der Waals surface area contributed by atoms with Crippen LogP contribution in [0.2, 0.25) is 0 Å².